The first-order valence-corrected chi connectivity index (χ1v) is 9.16. The lowest BCUT2D eigenvalue weighted by atomic mass is 10.1. The normalized spacial score (nSPS) is 15.9. The van der Waals surface area contributed by atoms with Crippen molar-refractivity contribution < 1.29 is 9.53 Å². The molecule has 0 N–H and O–H groups in total. The van der Waals surface area contributed by atoms with Gasteiger partial charge in [0.1, 0.15) is 23.1 Å². The molecule has 6 heteroatoms. The summed E-state index contributed by atoms with van der Waals surface area (Å²) in [7, 11) is 1.65. The molecule has 0 radical (unpaired) electrons. The minimum absolute atomic E-state index is 0.498. The number of carbonyl (C=O) groups is 1. The maximum absolute atomic E-state index is 11.5. The lowest BCUT2D eigenvalue weighted by Gasteiger charge is -2.29. The lowest BCUT2D eigenvalue weighted by Crippen LogP contribution is -2.32. The van der Waals surface area contributed by atoms with E-state index >= 15 is 0 Å². The number of aromatic nitrogens is 1. The molecule has 2 aromatic rings. The molecule has 1 atom stereocenters. The lowest BCUT2D eigenvalue weighted by molar-refractivity contribution is -0.109. The molecule has 0 bridgehead atoms. The van der Waals surface area contributed by atoms with Crippen LogP contribution >= 0.6 is 11.8 Å². The summed E-state index contributed by atoms with van der Waals surface area (Å²) >= 11 is 1.51. The molecule has 1 aliphatic heterocycles. The smallest absolute Gasteiger partial charge is 0.171 e. The third-order valence-corrected chi connectivity index (χ3v) is 5.08. The fourth-order valence-electron chi connectivity index (χ4n) is 2.66. The molecule has 1 aliphatic rings. The number of pyridine rings is 1. The number of aldehydes is 1. The molecule has 1 aromatic carbocycles. The summed E-state index contributed by atoms with van der Waals surface area (Å²) < 4.78 is 5.25. The molecule has 0 amide bonds. The van der Waals surface area contributed by atoms with E-state index in [1.807, 2.05) is 36.4 Å². The van der Waals surface area contributed by atoms with Crippen LogP contribution in [0.3, 0.4) is 0 Å². The number of hydrogen-bond donors (Lipinski definition) is 0. The highest BCUT2D eigenvalue weighted by molar-refractivity contribution is 8.14. The van der Waals surface area contributed by atoms with Crippen LogP contribution in [-0.2, 0) is 4.79 Å². The summed E-state index contributed by atoms with van der Waals surface area (Å²) in [6, 6.07) is 11.2. The maximum Gasteiger partial charge on any atom is 0.171 e. The van der Waals surface area contributed by atoms with Crippen LogP contribution in [-0.4, -0.2) is 30.1 Å². The van der Waals surface area contributed by atoms with E-state index in [-0.39, 0.29) is 0 Å². The quantitative estimate of drug-likeness (QED) is 0.730. The van der Waals surface area contributed by atoms with Crippen molar-refractivity contribution in [3.05, 3.63) is 48.2 Å². The van der Waals surface area contributed by atoms with Gasteiger partial charge in [0.05, 0.1) is 7.11 Å². The Bertz CT molecular complexity index is 762. The Morgan fingerprint density at radius 1 is 1.28 bits per heavy atom. The molecular weight excluding hydrogens is 334 g/mol. The number of fused-ring (bicyclic) bond motifs is 1. The number of rotatable bonds is 6. The zero-order valence-corrected chi connectivity index (χ0v) is 15.2. The van der Waals surface area contributed by atoms with Gasteiger partial charge in [-0.1, -0.05) is 19.4 Å². The van der Waals surface area contributed by atoms with Crippen LogP contribution in [0.5, 0.6) is 5.75 Å². The Labute approximate surface area is 152 Å². The van der Waals surface area contributed by atoms with Crippen molar-refractivity contribution in [2.75, 3.05) is 18.6 Å². The van der Waals surface area contributed by atoms with Gasteiger partial charge in [-0.2, -0.15) is 0 Å². The molecule has 2 heterocycles. The molecule has 0 fully saturated rings. The number of nitrogens with zero attached hydrogens (tertiary/aromatic N) is 3. The van der Waals surface area contributed by atoms with Crippen molar-refractivity contribution in [1.29, 1.82) is 0 Å². The minimum Gasteiger partial charge on any atom is -0.497 e. The molecule has 1 unspecified atom stereocenters. The van der Waals surface area contributed by atoms with Gasteiger partial charge in [-0.15, -0.1) is 0 Å². The van der Waals surface area contributed by atoms with Crippen molar-refractivity contribution in [3.63, 3.8) is 0 Å². The average molecular weight is 355 g/mol. The topological polar surface area (TPSA) is 54.8 Å². The summed E-state index contributed by atoms with van der Waals surface area (Å²) in [6.45, 7) is 3.00. The van der Waals surface area contributed by atoms with Gasteiger partial charge in [0.25, 0.3) is 0 Å². The third-order valence-electron chi connectivity index (χ3n) is 4.04. The zero-order valence-electron chi connectivity index (χ0n) is 14.4. The molecule has 0 saturated heterocycles. The highest BCUT2D eigenvalue weighted by Crippen LogP contribution is 2.36. The summed E-state index contributed by atoms with van der Waals surface area (Å²) in [5.41, 5.74) is 1.90. The van der Waals surface area contributed by atoms with Crippen LogP contribution in [0.2, 0.25) is 0 Å². The van der Waals surface area contributed by atoms with Gasteiger partial charge in [-0.25, -0.2) is 9.98 Å². The predicted molar refractivity (Wildman–Crippen MR) is 102 cm³/mol. The first kappa shape index (κ1) is 17.5. The van der Waals surface area contributed by atoms with Crippen LogP contribution in [0.4, 0.5) is 5.69 Å². The molecule has 25 heavy (non-hydrogen) atoms. The van der Waals surface area contributed by atoms with Crippen LogP contribution < -0.4 is 9.64 Å². The van der Waals surface area contributed by atoms with Crippen molar-refractivity contribution >= 4 is 28.9 Å². The Hall–Kier alpha value is -2.34. The Morgan fingerprint density at radius 3 is 2.76 bits per heavy atom. The van der Waals surface area contributed by atoms with Crippen LogP contribution in [0.15, 0.2) is 52.6 Å². The SMILES string of the molecule is CCCCN(C1=NC(C=O)c2cccnc2S1)c1ccc(OC)cc1. The standard InChI is InChI=1S/C19H21N3O2S/c1-3-4-12-22(14-7-9-15(24-2)10-8-14)19-21-17(13-23)16-6-5-11-20-18(16)25-19/h5-11,13,17H,3-4,12H2,1-2H3. The van der Waals surface area contributed by atoms with Crippen molar-refractivity contribution in [2.24, 2.45) is 4.99 Å². The van der Waals surface area contributed by atoms with Crippen molar-refractivity contribution in [3.8, 4) is 5.75 Å². The Morgan fingerprint density at radius 2 is 2.08 bits per heavy atom. The Balaban J connectivity index is 1.95. The van der Waals surface area contributed by atoms with Crippen LogP contribution in [0.1, 0.15) is 31.4 Å². The number of methoxy groups -OCH3 is 1. The molecule has 5 nitrogen and oxygen atoms in total. The second kappa shape index (κ2) is 8.16. The number of carbonyl (C=O) groups excluding carboxylic acids is 1. The van der Waals surface area contributed by atoms with E-state index in [2.05, 4.69) is 21.8 Å². The first-order chi connectivity index (χ1) is 12.3. The van der Waals surface area contributed by atoms with Gasteiger partial charge in [0, 0.05) is 24.0 Å². The van der Waals surface area contributed by atoms with Crippen LogP contribution in [0.25, 0.3) is 0 Å². The zero-order chi connectivity index (χ0) is 17.6. The highest BCUT2D eigenvalue weighted by Gasteiger charge is 2.26. The second-order valence-corrected chi connectivity index (χ2v) is 6.65. The number of hydrogen-bond acceptors (Lipinski definition) is 6. The fourth-order valence-corrected chi connectivity index (χ4v) is 3.72. The molecule has 0 aliphatic carbocycles. The molecule has 3 rings (SSSR count). The van der Waals surface area contributed by atoms with Gasteiger partial charge < -0.3 is 14.4 Å². The number of aliphatic imine (C=N–C) groups is 1. The largest absolute Gasteiger partial charge is 0.497 e. The maximum atomic E-state index is 11.5. The van der Waals surface area contributed by atoms with Crippen LogP contribution in [0, 0.1) is 0 Å². The van der Waals surface area contributed by atoms with Crippen molar-refractivity contribution in [1.82, 2.24) is 4.98 Å². The molecular formula is C19H21N3O2S. The predicted octanol–water partition coefficient (Wildman–Crippen LogP) is 4.10. The van der Waals surface area contributed by atoms with Gasteiger partial charge in [0.2, 0.25) is 0 Å². The van der Waals surface area contributed by atoms with Gasteiger partial charge in [-0.05, 0) is 48.5 Å². The van der Waals surface area contributed by atoms with Gasteiger partial charge >= 0.3 is 0 Å². The molecule has 0 saturated carbocycles. The minimum atomic E-state index is -0.498. The number of amidine groups is 1. The third kappa shape index (κ3) is 3.85. The summed E-state index contributed by atoms with van der Waals surface area (Å²) in [5, 5.41) is 1.65. The van der Waals surface area contributed by atoms with Crippen molar-refractivity contribution in [2.45, 2.75) is 30.8 Å². The van der Waals surface area contributed by atoms with E-state index < -0.39 is 6.04 Å². The molecule has 1 aromatic heterocycles. The molecule has 130 valence electrons. The van der Waals surface area contributed by atoms with Gasteiger partial charge in [-0.3, -0.25) is 0 Å². The number of benzene rings is 1. The summed E-state index contributed by atoms with van der Waals surface area (Å²) in [6.07, 6.45) is 4.75. The van der Waals surface area contributed by atoms with E-state index in [1.165, 1.54) is 11.8 Å². The monoisotopic (exact) mass is 355 g/mol. The highest BCUT2D eigenvalue weighted by atomic mass is 32.2. The number of thioether (sulfide) groups is 1. The number of unbranched alkanes of at least 4 members (excludes halogenated alkanes) is 1. The summed E-state index contributed by atoms with van der Waals surface area (Å²) in [5.74, 6) is 0.815. The number of anilines is 1. The summed E-state index contributed by atoms with van der Waals surface area (Å²) in [4.78, 5) is 22.8. The average Bonchev–Trinajstić information content (AvgIpc) is 2.68. The van der Waals surface area contributed by atoms with E-state index in [0.717, 1.165) is 52.9 Å². The second-order valence-electron chi connectivity index (χ2n) is 5.70. The fraction of sp³-hybridized carbons (Fsp3) is 0.316. The van der Waals surface area contributed by atoms with E-state index in [0.29, 0.717) is 0 Å². The molecule has 0 spiro atoms. The number of ether oxygens (including phenoxy) is 1. The van der Waals surface area contributed by atoms with E-state index in [9.17, 15) is 4.79 Å². The first-order valence-electron chi connectivity index (χ1n) is 8.34. The Kier molecular flexibility index (Phi) is 5.71. The van der Waals surface area contributed by atoms with E-state index in [1.54, 1.807) is 13.3 Å². The van der Waals surface area contributed by atoms with E-state index in [4.69, 9.17) is 4.74 Å². The van der Waals surface area contributed by atoms with Gasteiger partial charge in [0.15, 0.2) is 5.17 Å².